The van der Waals surface area contributed by atoms with Crippen LogP contribution in [-0.4, -0.2) is 69.3 Å². The van der Waals surface area contributed by atoms with E-state index in [2.05, 4.69) is 5.32 Å². The van der Waals surface area contributed by atoms with E-state index in [1.165, 1.54) is 11.8 Å². The number of carboxylic acid groups (broad SMARTS) is 1. The molecule has 1 rings (SSSR count). The summed E-state index contributed by atoms with van der Waals surface area (Å²) in [6.07, 6.45) is -1.65. The molecule has 0 aromatic carbocycles. The highest BCUT2D eigenvalue weighted by atomic mass is 16.4. The number of likely N-dealkylation sites (tertiary alicyclic amines) is 1. The highest BCUT2D eigenvalue weighted by Crippen LogP contribution is 2.22. The van der Waals surface area contributed by atoms with Crippen molar-refractivity contribution < 1.29 is 29.7 Å². The van der Waals surface area contributed by atoms with Crippen LogP contribution in [0.15, 0.2) is 0 Å². The number of aliphatic hydroxyl groups excluding tert-OH is 1. The van der Waals surface area contributed by atoms with E-state index < -0.39 is 23.6 Å². The van der Waals surface area contributed by atoms with Crippen molar-refractivity contribution in [3.05, 3.63) is 0 Å². The fourth-order valence-electron chi connectivity index (χ4n) is 1.89. The molecule has 1 fully saturated rings. The van der Waals surface area contributed by atoms with Gasteiger partial charge in [0.15, 0.2) is 0 Å². The fourth-order valence-corrected chi connectivity index (χ4v) is 1.89. The smallest absolute Gasteiger partial charge is 0.303 e. The number of nitrogens with one attached hydrogen (secondary N) is 1. The van der Waals surface area contributed by atoms with Gasteiger partial charge >= 0.3 is 5.97 Å². The van der Waals surface area contributed by atoms with Crippen molar-refractivity contribution >= 4 is 17.8 Å². The van der Waals surface area contributed by atoms with Crippen LogP contribution in [0.2, 0.25) is 0 Å². The predicted molar refractivity (Wildman–Crippen MR) is 63.1 cm³/mol. The molecule has 1 aliphatic rings. The molecular weight excluding hydrogens is 256 g/mol. The third-order valence-corrected chi connectivity index (χ3v) is 3.03. The standard InChI is InChI=1S/C11H18N2O6/c1-7(14)12-5-11(19)6-13(4-8(11)15)9(16)2-3-10(17)18/h8,15,19H,2-6H2,1H3,(H,12,14)(H,17,18)/t8-,11+/m1/s1. The molecule has 4 N–H and O–H groups in total. The van der Waals surface area contributed by atoms with E-state index >= 15 is 0 Å². The summed E-state index contributed by atoms with van der Waals surface area (Å²) in [5.41, 5.74) is -1.59. The Kier molecular flexibility index (Phi) is 4.84. The van der Waals surface area contributed by atoms with E-state index in [4.69, 9.17) is 5.11 Å². The molecule has 1 heterocycles. The number of hydrogen-bond acceptors (Lipinski definition) is 5. The van der Waals surface area contributed by atoms with E-state index in [1.807, 2.05) is 0 Å². The van der Waals surface area contributed by atoms with Crippen LogP contribution >= 0.6 is 0 Å². The van der Waals surface area contributed by atoms with Crippen molar-refractivity contribution in [2.45, 2.75) is 31.5 Å². The summed E-state index contributed by atoms with van der Waals surface area (Å²) in [7, 11) is 0. The number of rotatable bonds is 5. The van der Waals surface area contributed by atoms with Crippen LogP contribution in [0.4, 0.5) is 0 Å². The average molecular weight is 274 g/mol. The Morgan fingerprint density at radius 2 is 2.00 bits per heavy atom. The first kappa shape index (κ1) is 15.4. The summed E-state index contributed by atoms with van der Waals surface area (Å²) in [6.45, 7) is 0.911. The molecule has 19 heavy (non-hydrogen) atoms. The molecule has 0 spiro atoms. The molecule has 0 radical (unpaired) electrons. The average Bonchev–Trinajstić information content (AvgIpc) is 2.61. The van der Waals surface area contributed by atoms with Gasteiger partial charge in [-0.2, -0.15) is 0 Å². The van der Waals surface area contributed by atoms with Gasteiger partial charge in [-0.25, -0.2) is 0 Å². The topological polar surface area (TPSA) is 127 Å². The number of carboxylic acids is 1. The Balaban J connectivity index is 2.55. The van der Waals surface area contributed by atoms with Crippen LogP contribution < -0.4 is 5.32 Å². The monoisotopic (exact) mass is 274 g/mol. The number of β-amino-alcohol motifs (C(OH)–C–C–N with tert-alkyl or cyclic N) is 2. The van der Waals surface area contributed by atoms with Crippen LogP contribution in [0.25, 0.3) is 0 Å². The number of aliphatic hydroxyl groups is 2. The summed E-state index contributed by atoms with van der Waals surface area (Å²) in [4.78, 5) is 34.0. The van der Waals surface area contributed by atoms with Gasteiger partial charge in [-0.05, 0) is 0 Å². The first-order chi connectivity index (χ1) is 8.74. The number of carbonyl (C=O) groups excluding carboxylic acids is 2. The Bertz CT molecular complexity index is 385. The zero-order valence-corrected chi connectivity index (χ0v) is 10.6. The maximum Gasteiger partial charge on any atom is 0.303 e. The number of nitrogens with zero attached hydrogens (tertiary/aromatic N) is 1. The molecule has 0 unspecified atom stereocenters. The molecule has 0 saturated carbocycles. The Morgan fingerprint density at radius 3 is 2.53 bits per heavy atom. The molecule has 8 heteroatoms. The number of hydrogen-bond donors (Lipinski definition) is 4. The SMILES string of the molecule is CC(=O)NC[C@]1(O)CN(C(=O)CCC(=O)O)C[C@H]1O. The molecule has 2 amide bonds. The quantitative estimate of drug-likeness (QED) is 0.456. The van der Waals surface area contributed by atoms with Crippen LogP contribution in [0, 0.1) is 0 Å². The summed E-state index contributed by atoms with van der Waals surface area (Å²) < 4.78 is 0. The zero-order valence-electron chi connectivity index (χ0n) is 10.6. The van der Waals surface area contributed by atoms with Crippen molar-refractivity contribution in [3.63, 3.8) is 0 Å². The van der Waals surface area contributed by atoms with Gasteiger partial charge in [0.25, 0.3) is 0 Å². The minimum Gasteiger partial charge on any atom is -0.481 e. The fraction of sp³-hybridized carbons (Fsp3) is 0.727. The molecule has 2 atom stereocenters. The lowest BCUT2D eigenvalue weighted by Gasteiger charge is -2.25. The summed E-state index contributed by atoms with van der Waals surface area (Å²) >= 11 is 0. The highest BCUT2D eigenvalue weighted by molar-refractivity contribution is 5.81. The van der Waals surface area contributed by atoms with Crippen molar-refractivity contribution in [1.82, 2.24) is 10.2 Å². The second-order valence-electron chi connectivity index (χ2n) is 4.70. The van der Waals surface area contributed by atoms with Crippen molar-refractivity contribution in [2.75, 3.05) is 19.6 Å². The van der Waals surface area contributed by atoms with E-state index in [0.717, 1.165) is 0 Å². The van der Waals surface area contributed by atoms with Gasteiger partial charge in [0.05, 0.1) is 19.5 Å². The second-order valence-corrected chi connectivity index (χ2v) is 4.70. The third kappa shape index (κ3) is 4.18. The molecule has 8 nitrogen and oxygen atoms in total. The zero-order chi connectivity index (χ0) is 14.6. The molecule has 0 bridgehead atoms. The van der Waals surface area contributed by atoms with Crippen LogP contribution in [0.1, 0.15) is 19.8 Å². The Hall–Kier alpha value is -1.67. The molecule has 108 valence electrons. The third-order valence-electron chi connectivity index (χ3n) is 3.03. The maximum absolute atomic E-state index is 11.7. The molecule has 0 aliphatic carbocycles. The lowest BCUT2D eigenvalue weighted by molar-refractivity contribution is -0.140. The molecule has 1 saturated heterocycles. The van der Waals surface area contributed by atoms with E-state index in [9.17, 15) is 24.6 Å². The highest BCUT2D eigenvalue weighted by Gasteiger charge is 2.45. The van der Waals surface area contributed by atoms with Crippen LogP contribution in [0.3, 0.4) is 0 Å². The van der Waals surface area contributed by atoms with Crippen molar-refractivity contribution in [2.24, 2.45) is 0 Å². The van der Waals surface area contributed by atoms with Gasteiger partial charge in [0.2, 0.25) is 11.8 Å². The minimum atomic E-state index is -1.59. The Morgan fingerprint density at radius 1 is 1.37 bits per heavy atom. The summed E-state index contributed by atoms with van der Waals surface area (Å²) in [5.74, 6) is -1.88. The lowest BCUT2D eigenvalue weighted by atomic mass is 10.0. The normalized spacial score (nSPS) is 26.3. The first-order valence-corrected chi connectivity index (χ1v) is 5.89. The first-order valence-electron chi connectivity index (χ1n) is 5.89. The maximum atomic E-state index is 11.7. The Labute approximate surface area is 110 Å². The van der Waals surface area contributed by atoms with Gasteiger partial charge in [-0.3, -0.25) is 14.4 Å². The summed E-state index contributed by atoms with van der Waals surface area (Å²) in [6, 6.07) is 0. The number of aliphatic carboxylic acids is 1. The minimum absolute atomic E-state index is 0.0749. The van der Waals surface area contributed by atoms with Gasteiger partial charge in [0, 0.05) is 19.9 Å². The molecule has 0 aromatic heterocycles. The van der Waals surface area contributed by atoms with E-state index in [0.29, 0.717) is 0 Å². The van der Waals surface area contributed by atoms with Gasteiger partial charge in [0.1, 0.15) is 11.7 Å². The predicted octanol–water partition coefficient (Wildman–Crippen LogP) is -2.08. The lowest BCUT2D eigenvalue weighted by Crippen LogP contribution is -2.51. The van der Waals surface area contributed by atoms with Crippen molar-refractivity contribution in [1.29, 1.82) is 0 Å². The number of amides is 2. The van der Waals surface area contributed by atoms with Gasteiger partial charge in [-0.1, -0.05) is 0 Å². The number of carbonyl (C=O) groups is 3. The van der Waals surface area contributed by atoms with E-state index in [-0.39, 0.29) is 38.4 Å². The van der Waals surface area contributed by atoms with Gasteiger partial charge < -0.3 is 25.5 Å². The molecular formula is C11H18N2O6. The largest absolute Gasteiger partial charge is 0.481 e. The van der Waals surface area contributed by atoms with Crippen molar-refractivity contribution in [3.8, 4) is 0 Å². The van der Waals surface area contributed by atoms with Crippen LogP contribution in [-0.2, 0) is 14.4 Å². The summed E-state index contributed by atoms with van der Waals surface area (Å²) in [5, 5.41) is 30.8. The van der Waals surface area contributed by atoms with Gasteiger partial charge in [-0.15, -0.1) is 0 Å². The molecule has 0 aromatic rings. The van der Waals surface area contributed by atoms with E-state index in [1.54, 1.807) is 0 Å². The molecule has 1 aliphatic heterocycles. The van der Waals surface area contributed by atoms with Crippen LogP contribution in [0.5, 0.6) is 0 Å². The second kappa shape index (κ2) is 5.98.